The number of hydrogen-bond acceptors (Lipinski definition) is 3. The molecule has 0 unspecified atom stereocenters. The molecule has 4 nitrogen and oxygen atoms in total. The van der Waals surface area contributed by atoms with Crippen LogP contribution in [0.4, 0.5) is 0 Å². The summed E-state index contributed by atoms with van der Waals surface area (Å²) in [6, 6.07) is 0. The van der Waals surface area contributed by atoms with Crippen molar-refractivity contribution >= 4 is 9.84 Å². The summed E-state index contributed by atoms with van der Waals surface area (Å²) in [4.78, 5) is 2.12. The first-order chi connectivity index (χ1) is 5.64. The van der Waals surface area contributed by atoms with E-state index >= 15 is 0 Å². The normalized spacial score (nSPS) is 24.1. The molecule has 1 radical (unpaired) electrons. The van der Waals surface area contributed by atoms with Gasteiger partial charge in [-0.1, -0.05) is 0 Å². The lowest BCUT2D eigenvalue weighted by Gasteiger charge is -2.25. The van der Waals surface area contributed by atoms with Gasteiger partial charge in [0.1, 0.15) is 0 Å². The number of nitrogens with zero attached hydrogens (tertiary/aromatic N) is 1. The van der Waals surface area contributed by atoms with Crippen LogP contribution >= 0.6 is 0 Å². The molecule has 0 aliphatic carbocycles. The summed E-state index contributed by atoms with van der Waals surface area (Å²) in [7, 11) is -2.73. The average molecular weight is 191 g/mol. The molecule has 0 aromatic heterocycles. The maximum absolute atomic E-state index is 11.0. The summed E-state index contributed by atoms with van der Waals surface area (Å²) in [5, 5.41) is 0. The molecule has 0 bridgehead atoms. The van der Waals surface area contributed by atoms with Crippen LogP contribution in [0.25, 0.3) is 0 Å². The van der Waals surface area contributed by atoms with E-state index in [0.29, 0.717) is 31.1 Å². The lowest BCUT2D eigenvalue weighted by atomic mass is 10.4. The highest BCUT2D eigenvalue weighted by molar-refractivity contribution is 7.91. The number of rotatable bonds is 3. The molecular weight excluding hydrogens is 176 g/mol. The van der Waals surface area contributed by atoms with Gasteiger partial charge >= 0.3 is 0 Å². The average Bonchev–Trinajstić information content (AvgIpc) is 2.03. The van der Waals surface area contributed by atoms with Crippen LogP contribution in [0.1, 0.15) is 6.42 Å². The minimum atomic E-state index is -2.73. The minimum absolute atomic E-state index is 0.297. The van der Waals surface area contributed by atoms with Crippen LogP contribution in [-0.2, 0) is 9.84 Å². The van der Waals surface area contributed by atoms with Crippen molar-refractivity contribution < 1.29 is 8.42 Å². The summed E-state index contributed by atoms with van der Waals surface area (Å²) >= 11 is 0. The Balaban J connectivity index is 2.27. The van der Waals surface area contributed by atoms with Gasteiger partial charge < -0.3 is 4.90 Å². The van der Waals surface area contributed by atoms with Gasteiger partial charge in [-0.2, -0.15) is 0 Å². The molecule has 1 fully saturated rings. The predicted molar refractivity (Wildman–Crippen MR) is 47.7 cm³/mol. The molecule has 0 aromatic carbocycles. The molecule has 1 N–H and O–H groups in total. The molecule has 1 heterocycles. The van der Waals surface area contributed by atoms with Gasteiger partial charge in [0.05, 0.1) is 11.5 Å². The molecular formula is C7H15N2O2S. The number of nitrogens with one attached hydrogen (secondary N) is 1. The summed E-state index contributed by atoms with van der Waals surface area (Å²) < 4.78 is 22.0. The fourth-order valence-corrected chi connectivity index (χ4v) is 2.55. The van der Waals surface area contributed by atoms with Crippen LogP contribution in [0.3, 0.4) is 0 Å². The molecule has 1 aliphatic heterocycles. The molecule has 0 spiro atoms. The zero-order valence-electron chi connectivity index (χ0n) is 7.12. The monoisotopic (exact) mass is 191 g/mol. The van der Waals surface area contributed by atoms with Gasteiger partial charge in [0.2, 0.25) is 0 Å². The van der Waals surface area contributed by atoms with Gasteiger partial charge in [-0.15, -0.1) is 0 Å². The summed E-state index contributed by atoms with van der Waals surface area (Å²) in [5.41, 5.74) is 6.95. The van der Waals surface area contributed by atoms with E-state index in [2.05, 4.69) is 4.90 Å². The Kier molecular flexibility index (Phi) is 3.49. The van der Waals surface area contributed by atoms with Gasteiger partial charge in [0, 0.05) is 19.6 Å². The van der Waals surface area contributed by atoms with Crippen LogP contribution in [-0.4, -0.2) is 51.0 Å². The lowest BCUT2D eigenvalue weighted by Crippen LogP contribution is -2.40. The Bertz CT molecular complexity index is 212. The Morgan fingerprint density at radius 1 is 1.25 bits per heavy atom. The van der Waals surface area contributed by atoms with Crippen molar-refractivity contribution in [3.05, 3.63) is 0 Å². The maximum atomic E-state index is 11.0. The largest absolute Gasteiger partial charge is 0.301 e. The van der Waals surface area contributed by atoms with Crippen LogP contribution in [0.5, 0.6) is 0 Å². The van der Waals surface area contributed by atoms with E-state index in [4.69, 9.17) is 5.73 Å². The molecule has 1 saturated heterocycles. The summed E-state index contributed by atoms with van der Waals surface area (Å²) in [6.07, 6.45) is 0.847. The molecule has 1 aliphatic rings. The van der Waals surface area contributed by atoms with E-state index in [-0.39, 0.29) is 0 Å². The second-order valence-corrected chi connectivity index (χ2v) is 5.40. The van der Waals surface area contributed by atoms with Crippen molar-refractivity contribution in [1.82, 2.24) is 10.6 Å². The molecule has 0 saturated carbocycles. The van der Waals surface area contributed by atoms with E-state index in [9.17, 15) is 8.42 Å². The number of hydrogen-bond donors (Lipinski definition) is 0. The second kappa shape index (κ2) is 4.20. The van der Waals surface area contributed by atoms with Crippen molar-refractivity contribution in [3.63, 3.8) is 0 Å². The fraction of sp³-hybridized carbons (Fsp3) is 1.00. The van der Waals surface area contributed by atoms with Gasteiger partial charge in [0.25, 0.3) is 0 Å². The molecule has 1 rings (SSSR count). The van der Waals surface area contributed by atoms with Gasteiger partial charge in [-0.25, -0.2) is 8.42 Å². The maximum Gasteiger partial charge on any atom is 0.152 e. The van der Waals surface area contributed by atoms with Crippen LogP contribution < -0.4 is 5.73 Å². The first-order valence-electron chi connectivity index (χ1n) is 4.21. The highest BCUT2D eigenvalue weighted by atomic mass is 32.2. The summed E-state index contributed by atoms with van der Waals surface area (Å²) in [6.45, 7) is 2.62. The Hall–Kier alpha value is -0.130. The summed E-state index contributed by atoms with van der Waals surface area (Å²) in [5.74, 6) is 0.593. The van der Waals surface area contributed by atoms with E-state index in [1.165, 1.54) is 0 Å². The van der Waals surface area contributed by atoms with Crippen molar-refractivity contribution in [2.24, 2.45) is 0 Å². The zero-order chi connectivity index (χ0) is 9.03. The third-order valence-electron chi connectivity index (χ3n) is 2.09. The van der Waals surface area contributed by atoms with Crippen LogP contribution in [0.15, 0.2) is 0 Å². The van der Waals surface area contributed by atoms with Gasteiger partial charge in [-0.3, -0.25) is 5.73 Å². The molecule has 5 heteroatoms. The Labute approximate surface area is 73.6 Å². The Morgan fingerprint density at radius 2 is 1.83 bits per heavy atom. The molecule has 71 valence electrons. The van der Waals surface area contributed by atoms with Crippen molar-refractivity contribution in [3.8, 4) is 0 Å². The third-order valence-corrected chi connectivity index (χ3v) is 3.70. The second-order valence-electron chi connectivity index (χ2n) is 3.10. The molecule has 0 amide bonds. The number of sulfone groups is 1. The van der Waals surface area contributed by atoms with Gasteiger partial charge in [-0.05, 0) is 13.0 Å². The van der Waals surface area contributed by atoms with Crippen molar-refractivity contribution in [2.45, 2.75) is 6.42 Å². The zero-order valence-corrected chi connectivity index (χ0v) is 7.94. The smallest absolute Gasteiger partial charge is 0.152 e. The molecule has 0 atom stereocenters. The van der Waals surface area contributed by atoms with Gasteiger partial charge in [0.15, 0.2) is 9.84 Å². The minimum Gasteiger partial charge on any atom is -0.301 e. The van der Waals surface area contributed by atoms with E-state index in [0.717, 1.165) is 13.0 Å². The third kappa shape index (κ3) is 3.08. The first kappa shape index (κ1) is 9.95. The van der Waals surface area contributed by atoms with Crippen molar-refractivity contribution in [2.75, 3.05) is 37.7 Å². The quantitative estimate of drug-likeness (QED) is 0.598. The topological polar surface area (TPSA) is 61.2 Å². The standard InChI is InChI=1S/C7H15N2O2S/c8-2-1-3-9-4-6-12(10,11)7-5-9/h8H,1-7H2. The van der Waals surface area contributed by atoms with Crippen LogP contribution in [0, 0.1) is 0 Å². The van der Waals surface area contributed by atoms with Crippen molar-refractivity contribution in [1.29, 1.82) is 0 Å². The lowest BCUT2D eigenvalue weighted by molar-refractivity contribution is 0.293. The Morgan fingerprint density at radius 3 is 2.33 bits per heavy atom. The van der Waals surface area contributed by atoms with E-state index in [1.54, 1.807) is 0 Å². The highest BCUT2D eigenvalue weighted by Crippen LogP contribution is 2.03. The highest BCUT2D eigenvalue weighted by Gasteiger charge is 2.20. The predicted octanol–water partition coefficient (Wildman–Crippen LogP) is -0.610. The SMILES string of the molecule is [NH]CCCN1CCS(=O)(=O)CC1. The molecule has 0 aromatic rings. The molecule has 12 heavy (non-hydrogen) atoms. The fourth-order valence-electron chi connectivity index (χ4n) is 1.28. The first-order valence-corrected chi connectivity index (χ1v) is 6.03. The van der Waals surface area contributed by atoms with Crippen LogP contribution in [0.2, 0.25) is 0 Å². The van der Waals surface area contributed by atoms with E-state index in [1.807, 2.05) is 0 Å². The van der Waals surface area contributed by atoms with E-state index < -0.39 is 9.84 Å².